The molecule has 94 valence electrons. The fraction of sp³-hybridized carbons (Fsp3) is 0.231. The van der Waals surface area contributed by atoms with Crippen molar-refractivity contribution < 1.29 is 13.9 Å². The van der Waals surface area contributed by atoms with Gasteiger partial charge in [-0.15, -0.1) is 0 Å². The Hall–Kier alpha value is -1.46. The van der Waals surface area contributed by atoms with Gasteiger partial charge in [-0.1, -0.05) is 0 Å². The lowest BCUT2D eigenvalue weighted by Crippen LogP contribution is -2.12. The van der Waals surface area contributed by atoms with Gasteiger partial charge in [0.15, 0.2) is 11.5 Å². The van der Waals surface area contributed by atoms with Gasteiger partial charge in [0.1, 0.15) is 0 Å². The third-order valence-electron chi connectivity index (χ3n) is 2.73. The number of halogens is 1. The van der Waals surface area contributed by atoms with E-state index in [2.05, 4.69) is 21.2 Å². The topological polar surface area (TPSA) is 43.6 Å². The van der Waals surface area contributed by atoms with Crippen molar-refractivity contribution in [3.8, 4) is 11.5 Å². The summed E-state index contributed by atoms with van der Waals surface area (Å²) in [5, 5.41) is 3.35. The van der Waals surface area contributed by atoms with Gasteiger partial charge in [0.05, 0.1) is 17.0 Å². The van der Waals surface area contributed by atoms with Gasteiger partial charge in [0, 0.05) is 18.7 Å². The summed E-state index contributed by atoms with van der Waals surface area (Å²) in [6.45, 7) is 1.84. The number of fused-ring (bicyclic) bond motifs is 1. The molecule has 0 fully saturated rings. The zero-order valence-electron chi connectivity index (χ0n) is 9.61. The number of ether oxygens (including phenoxy) is 2. The van der Waals surface area contributed by atoms with Gasteiger partial charge in [0.25, 0.3) is 0 Å². The Kier molecular flexibility index (Phi) is 3.25. The van der Waals surface area contributed by atoms with Crippen LogP contribution in [0.2, 0.25) is 0 Å². The summed E-state index contributed by atoms with van der Waals surface area (Å²) in [7, 11) is 0. The maximum Gasteiger partial charge on any atom is 0.231 e. The van der Waals surface area contributed by atoms with E-state index in [1.54, 1.807) is 12.5 Å². The fourth-order valence-electron chi connectivity index (χ4n) is 1.87. The highest BCUT2D eigenvalue weighted by Crippen LogP contribution is 2.39. The first kappa shape index (κ1) is 11.6. The first-order chi connectivity index (χ1) is 8.83. The lowest BCUT2D eigenvalue weighted by Gasteiger charge is -2.06. The van der Waals surface area contributed by atoms with Crippen LogP contribution in [-0.2, 0) is 13.1 Å². The van der Waals surface area contributed by atoms with Crippen molar-refractivity contribution in [1.82, 2.24) is 5.32 Å². The number of benzene rings is 1. The normalized spacial score (nSPS) is 12.9. The minimum atomic E-state index is 0.292. The van der Waals surface area contributed by atoms with Crippen LogP contribution in [0.15, 0.2) is 39.6 Å². The van der Waals surface area contributed by atoms with Gasteiger partial charge in [-0.2, -0.15) is 0 Å². The Labute approximate surface area is 113 Å². The van der Waals surface area contributed by atoms with Gasteiger partial charge in [-0.25, -0.2) is 0 Å². The van der Waals surface area contributed by atoms with Crippen molar-refractivity contribution in [2.45, 2.75) is 13.1 Å². The number of furan rings is 1. The van der Waals surface area contributed by atoms with E-state index in [0.717, 1.165) is 40.2 Å². The Morgan fingerprint density at radius 2 is 2.06 bits per heavy atom. The number of hydrogen-bond donors (Lipinski definition) is 1. The molecule has 1 aromatic heterocycles. The van der Waals surface area contributed by atoms with Crippen LogP contribution in [0.25, 0.3) is 0 Å². The van der Waals surface area contributed by atoms with Crippen molar-refractivity contribution in [2.75, 3.05) is 6.79 Å². The number of hydrogen-bond acceptors (Lipinski definition) is 4. The van der Waals surface area contributed by atoms with Crippen molar-refractivity contribution in [1.29, 1.82) is 0 Å². The van der Waals surface area contributed by atoms with E-state index >= 15 is 0 Å². The summed E-state index contributed by atoms with van der Waals surface area (Å²) in [5.74, 6) is 1.58. The summed E-state index contributed by atoms with van der Waals surface area (Å²) >= 11 is 3.48. The molecule has 0 radical (unpaired) electrons. The molecule has 0 spiro atoms. The molecule has 0 saturated carbocycles. The molecule has 5 heteroatoms. The van der Waals surface area contributed by atoms with Crippen molar-refractivity contribution in [3.63, 3.8) is 0 Å². The second-order valence-electron chi connectivity index (χ2n) is 4.05. The molecular weight excluding hydrogens is 298 g/mol. The Morgan fingerprint density at radius 1 is 1.17 bits per heavy atom. The first-order valence-electron chi connectivity index (χ1n) is 5.63. The average molecular weight is 310 g/mol. The molecule has 2 aromatic rings. The number of nitrogens with one attached hydrogen (secondary N) is 1. The second kappa shape index (κ2) is 5.04. The Morgan fingerprint density at radius 3 is 2.89 bits per heavy atom. The van der Waals surface area contributed by atoms with Crippen LogP contribution in [-0.4, -0.2) is 6.79 Å². The molecule has 0 amide bonds. The molecule has 1 aliphatic heterocycles. The smallest absolute Gasteiger partial charge is 0.231 e. The van der Waals surface area contributed by atoms with Crippen LogP contribution in [0.3, 0.4) is 0 Å². The second-order valence-corrected chi connectivity index (χ2v) is 4.90. The van der Waals surface area contributed by atoms with E-state index in [1.807, 2.05) is 18.2 Å². The van der Waals surface area contributed by atoms with E-state index in [9.17, 15) is 0 Å². The van der Waals surface area contributed by atoms with Crippen LogP contribution < -0.4 is 14.8 Å². The quantitative estimate of drug-likeness (QED) is 0.942. The zero-order valence-corrected chi connectivity index (χ0v) is 11.2. The van der Waals surface area contributed by atoms with Crippen molar-refractivity contribution >= 4 is 15.9 Å². The van der Waals surface area contributed by atoms with Crippen molar-refractivity contribution in [2.24, 2.45) is 0 Å². The predicted molar refractivity (Wildman–Crippen MR) is 69.5 cm³/mol. The van der Waals surface area contributed by atoms with Crippen molar-refractivity contribution in [3.05, 3.63) is 46.3 Å². The molecule has 0 saturated heterocycles. The molecule has 3 rings (SSSR count). The monoisotopic (exact) mass is 309 g/mol. The first-order valence-corrected chi connectivity index (χ1v) is 6.42. The summed E-state index contributed by atoms with van der Waals surface area (Å²) in [4.78, 5) is 0. The van der Waals surface area contributed by atoms with Gasteiger partial charge < -0.3 is 19.2 Å². The molecule has 1 aromatic carbocycles. The van der Waals surface area contributed by atoms with Gasteiger partial charge >= 0.3 is 0 Å². The van der Waals surface area contributed by atoms with E-state index in [0.29, 0.717) is 6.79 Å². The average Bonchev–Trinajstić information content (AvgIpc) is 2.99. The van der Waals surface area contributed by atoms with Crippen LogP contribution in [0.1, 0.15) is 11.1 Å². The van der Waals surface area contributed by atoms with Gasteiger partial charge in [0.2, 0.25) is 6.79 Å². The minimum absolute atomic E-state index is 0.292. The molecule has 4 nitrogen and oxygen atoms in total. The summed E-state index contributed by atoms with van der Waals surface area (Å²) in [6.07, 6.45) is 3.41. The molecule has 0 atom stereocenters. The predicted octanol–water partition coefficient (Wildman–Crippen LogP) is 3.06. The molecule has 0 aliphatic carbocycles. The Bertz CT molecular complexity index is 539. The van der Waals surface area contributed by atoms with E-state index in [4.69, 9.17) is 13.9 Å². The van der Waals surface area contributed by atoms with Gasteiger partial charge in [-0.3, -0.25) is 0 Å². The maximum atomic E-state index is 5.38. The van der Waals surface area contributed by atoms with Crippen LogP contribution >= 0.6 is 15.9 Å². The van der Waals surface area contributed by atoms with E-state index < -0.39 is 0 Å². The zero-order chi connectivity index (χ0) is 12.4. The third-order valence-corrected chi connectivity index (χ3v) is 3.31. The SMILES string of the molecule is Brc1cc(CNCc2ccoc2)cc2c1OCO2. The largest absolute Gasteiger partial charge is 0.472 e. The minimum Gasteiger partial charge on any atom is -0.472 e. The van der Waals surface area contributed by atoms with E-state index in [-0.39, 0.29) is 0 Å². The lowest BCUT2D eigenvalue weighted by atomic mass is 10.2. The van der Waals surface area contributed by atoms with E-state index in [1.165, 1.54) is 0 Å². The summed E-state index contributed by atoms with van der Waals surface area (Å²) < 4.78 is 16.7. The molecular formula is C13H12BrNO3. The molecule has 1 N–H and O–H groups in total. The molecule has 18 heavy (non-hydrogen) atoms. The maximum absolute atomic E-state index is 5.38. The lowest BCUT2D eigenvalue weighted by molar-refractivity contribution is 0.173. The van der Waals surface area contributed by atoms with Crippen LogP contribution in [0.5, 0.6) is 11.5 Å². The standard InChI is InChI=1S/C13H12BrNO3/c14-11-3-10(4-12-13(11)18-8-17-12)6-15-5-9-1-2-16-7-9/h1-4,7,15H,5-6,8H2. The molecule has 0 unspecified atom stereocenters. The summed E-state index contributed by atoms with van der Waals surface area (Å²) in [5.41, 5.74) is 2.28. The number of rotatable bonds is 4. The highest BCUT2D eigenvalue weighted by atomic mass is 79.9. The van der Waals surface area contributed by atoms with Crippen LogP contribution in [0, 0.1) is 0 Å². The highest BCUT2D eigenvalue weighted by molar-refractivity contribution is 9.10. The van der Waals surface area contributed by atoms with Gasteiger partial charge in [-0.05, 0) is 39.7 Å². The molecule has 2 heterocycles. The molecule has 0 bridgehead atoms. The van der Waals surface area contributed by atoms with Crippen LogP contribution in [0.4, 0.5) is 0 Å². The summed E-state index contributed by atoms with van der Waals surface area (Å²) in [6, 6.07) is 5.98. The fourth-order valence-corrected chi connectivity index (χ4v) is 2.47. The Balaban J connectivity index is 1.65. The molecule has 1 aliphatic rings. The highest BCUT2D eigenvalue weighted by Gasteiger charge is 2.17. The third kappa shape index (κ3) is 2.37.